The number of hydrogen-bond acceptors (Lipinski definition) is 5. The van der Waals surface area contributed by atoms with Gasteiger partial charge in [-0.25, -0.2) is 0 Å². The van der Waals surface area contributed by atoms with Crippen LogP contribution in [0.3, 0.4) is 0 Å². The van der Waals surface area contributed by atoms with E-state index in [1.165, 1.54) is 0 Å². The summed E-state index contributed by atoms with van der Waals surface area (Å²) in [7, 11) is 0. The Labute approximate surface area is 125 Å². The van der Waals surface area contributed by atoms with E-state index in [0.29, 0.717) is 27.5 Å². The lowest BCUT2D eigenvalue weighted by Crippen LogP contribution is -2.30. The van der Waals surface area contributed by atoms with Gasteiger partial charge in [-0.15, -0.1) is 11.8 Å². The van der Waals surface area contributed by atoms with Crippen molar-refractivity contribution < 1.29 is 4.52 Å². The number of halogens is 2. The first kappa shape index (κ1) is 14.7. The van der Waals surface area contributed by atoms with Crippen molar-refractivity contribution in [1.29, 1.82) is 0 Å². The maximum atomic E-state index is 5.95. The third-order valence-corrected chi connectivity index (χ3v) is 4.02. The van der Waals surface area contributed by atoms with Crippen molar-refractivity contribution in [2.45, 2.75) is 30.0 Å². The first-order chi connectivity index (χ1) is 8.86. The SMILES string of the molecule is CC(C)(N)c1noc(CSc2ccc(Cl)c(Cl)c2)n1. The Kier molecular flexibility index (Phi) is 4.40. The van der Waals surface area contributed by atoms with Crippen LogP contribution in [0.2, 0.25) is 10.0 Å². The van der Waals surface area contributed by atoms with Gasteiger partial charge in [0.15, 0.2) is 5.82 Å². The van der Waals surface area contributed by atoms with Crippen LogP contribution in [-0.4, -0.2) is 10.1 Å². The summed E-state index contributed by atoms with van der Waals surface area (Å²) in [6, 6.07) is 5.45. The average molecular weight is 318 g/mol. The first-order valence-corrected chi connectivity index (χ1v) is 7.30. The third-order valence-electron chi connectivity index (χ3n) is 2.30. The van der Waals surface area contributed by atoms with Crippen molar-refractivity contribution in [3.05, 3.63) is 40.0 Å². The Hall–Kier alpha value is -0.750. The van der Waals surface area contributed by atoms with Crippen LogP contribution in [-0.2, 0) is 11.3 Å². The van der Waals surface area contributed by atoms with E-state index in [2.05, 4.69) is 10.1 Å². The molecule has 0 spiro atoms. The Morgan fingerprint density at radius 3 is 2.63 bits per heavy atom. The fourth-order valence-corrected chi connectivity index (χ4v) is 2.42. The molecule has 4 nitrogen and oxygen atoms in total. The molecule has 1 aromatic carbocycles. The van der Waals surface area contributed by atoms with Gasteiger partial charge in [0.25, 0.3) is 0 Å². The van der Waals surface area contributed by atoms with Gasteiger partial charge in [-0.05, 0) is 32.0 Å². The summed E-state index contributed by atoms with van der Waals surface area (Å²) in [5.74, 6) is 1.59. The fraction of sp³-hybridized carbons (Fsp3) is 0.333. The van der Waals surface area contributed by atoms with E-state index in [1.54, 1.807) is 23.9 Å². The summed E-state index contributed by atoms with van der Waals surface area (Å²) in [4.78, 5) is 5.24. The quantitative estimate of drug-likeness (QED) is 0.867. The van der Waals surface area contributed by atoms with Gasteiger partial charge in [-0.2, -0.15) is 4.98 Å². The Morgan fingerprint density at radius 1 is 1.32 bits per heavy atom. The monoisotopic (exact) mass is 317 g/mol. The summed E-state index contributed by atoms with van der Waals surface area (Å²) >= 11 is 13.3. The average Bonchev–Trinajstić information content (AvgIpc) is 2.79. The molecule has 0 saturated carbocycles. The summed E-state index contributed by atoms with van der Waals surface area (Å²) < 4.78 is 5.15. The number of benzene rings is 1. The van der Waals surface area contributed by atoms with E-state index in [1.807, 2.05) is 19.9 Å². The standard InChI is InChI=1S/C12H13Cl2N3OS/c1-12(2,15)11-16-10(18-17-11)6-19-7-3-4-8(13)9(14)5-7/h3-5H,6,15H2,1-2H3. The molecule has 0 saturated heterocycles. The van der Waals surface area contributed by atoms with E-state index in [9.17, 15) is 0 Å². The highest BCUT2D eigenvalue weighted by Gasteiger charge is 2.21. The molecule has 0 aliphatic rings. The normalized spacial score (nSPS) is 11.8. The van der Waals surface area contributed by atoms with Gasteiger partial charge in [-0.3, -0.25) is 0 Å². The number of thioether (sulfide) groups is 1. The molecule has 0 radical (unpaired) electrons. The van der Waals surface area contributed by atoms with Gasteiger partial charge in [0, 0.05) is 4.90 Å². The van der Waals surface area contributed by atoms with Crippen molar-refractivity contribution in [1.82, 2.24) is 10.1 Å². The molecule has 0 aliphatic carbocycles. The molecular formula is C12H13Cl2N3OS. The zero-order chi connectivity index (χ0) is 14.0. The van der Waals surface area contributed by atoms with Gasteiger partial charge in [0.1, 0.15) is 0 Å². The lowest BCUT2D eigenvalue weighted by atomic mass is 10.1. The molecule has 1 aromatic heterocycles. The van der Waals surface area contributed by atoms with Crippen LogP contribution in [0, 0.1) is 0 Å². The predicted molar refractivity (Wildman–Crippen MR) is 77.5 cm³/mol. The van der Waals surface area contributed by atoms with Gasteiger partial charge in [0.2, 0.25) is 5.89 Å². The molecule has 102 valence electrons. The molecule has 2 rings (SSSR count). The second kappa shape index (κ2) is 5.71. The van der Waals surface area contributed by atoms with Crippen molar-refractivity contribution in [3.63, 3.8) is 0 Å². The third kappa shape index (κ3) is 3.86. The van der Waals surface area contributed by atoms with Crippen LogP contribution in [0.5, 0.6) is 0 Å². The van der Waals surface area contributed by atoms with Crippen LogP contribution >= 0.6 is 35.0 Å². The van der Waals surface area contributed by atoms with Crippen LogP contribution in [0.1, 0.15) is 25.6 Å². The molecule has 0 unspecified atom stereocenters. The van der Waals surface area contributed by atoms with E-state index in [0.717, 1.165) is 4.90 Å². The molecule has 7 heteroatoms. The number of nitrogens with zero attached hydrogens (tertiary/aromatic N) is 2. The predicted octanol–water partition coefficient (Wildman–Crippen LogP) is 3.86. The highest BCUT2D eigenvalue weighted by atomic mass is 35.5. The van der Waals surface area contributed by atoms with Crippen molar-refractivity contribution in [2.24, 2.45) is 5.73 Å². The minimum absolute atomic E-state index is 0.497. The molecule has 0 fully saturated rings. The lowest BCUT2D eigenvalue weighted by molar-refractivity contribution is 0.370. The van der Waals surface area contributed by atoms with Crippen molar-refractivity contribution >= 4 is 35.0 Å². The minimum Gasteiger partial charge on any atom is -0.338 e. The van der Waals surface area contributed by atoms with E-state index in [-0.39, 0.29) is 0 Å². The molecule has 0 aliphatic heterocycles. The van der Waals surface area contributed by atoms with Crippen LogP contribution in [0.25, 0.3) is 0 Å². The van der Waals surface area contributed by atoms with Crippen LogP contribution < -0.4 is 5.73 Å². The largest absolute Gasteiger partial charge is 0.338 e. The van der Waals surface area contributed by atoms with Gasteiger partial charge in [0.05, 0.1) is 21.3 Å². The van der Waals surface area contributed by atoms with Gasteiger partial charge in [-0.1, -0.05) is 28.4 Å². The fourth-order valence-electron chi connectivity index (χ4n) is 1.29. The lowest BCUT2D eigenvalue weighted by Gasteiger charge is -2.11. The molecule has 2 N–H and O–H groups in total. The molecular weight excluding hydrogens is 305 g/mol. The Morgan fingerprint density at radius 2 is 2.05 bits per heavy atom. The van der Waals surface area contributed by atoms with Gasteiger partial charge >= 0.3 is 0 Å². The highest BCUT2D eigenvalue weighted by Crippen LogP contribution is 2.29. The molecule has 1 heterocycles. The van der Waals surface area contributed by atoms with Crippen molar-refractivity contribution in [3.8, 4) is 0 Å². The topological polar surface area (TPSA) is 64.9 Å². The number of nitrogens with two attached hydrogens (primary N) is 1. The molecule has 2 aromatic rings. The van der Waals surface area contributed by atoms with E-state index in [4.69, 9.17) is 33.5 Å². The molecule has 19 heavy (non-hydrogen) atoms. The van der Waals surface area contributed by atoms with E-state index < -0.39 is 5.54 Å². The van der Waals surface area contributed by atoms with E-state index >= 15 is 0 Å². The van der Waals surface area contributed by atoms with Crippen molar-refractivity contribution in [2.75, 3.05) is 0 Å². The minimum atomic E-state index is -0.601. The Balaban J connectivity index is 2.02. The summed E-state index contributed by atoms with van der Waals surface area (Å²) in [5.41, 5.74) is 5.29. The maximum absolute atomic E-state index is 5.95. The summed E-state index contributed by atoms with van der Waals surface area (Å²) in [5, 5.41) is 4.93. The highest BCUT2D eigenvalue weighted by molar-refractivity contribution is 7.98. The second-order valence-electron chi connectivity index (χ2n) is 4.60. The molecule has 0 bridgehead atoms. The number of aromatic nitrogens is 2. The smallest absolute Gasteiger partial charge is 0.237 e. The van der Waals surface area contributed by atoms with Crippen LogP contribution in [0.15, 0.2) is 27.6 Å². The maximum Gasteiger partial charge on any atom is 0.237 e. The number of hydrogen-bond donors (Lipinski definition) is 1. The molecule has 0 atom stereocenters. The zero-order valence-corrected chi connectivity index (χ0v) is 12.8. The molecule has 0 amide bonds. The second-order valence-corrected chi connectivity index (χ2v) is 6.46. The Bertz CT molecular complexity index is 581. The first-order valence-electron chi connectivity index (χ1n) is 5.56. The van der Waals surface area contributed by atoms with Crippen LogP contribution in [0.4, 0.5) is 0 Å². The number of rotatable bonds is 4. The summed E-state index contributed by atoms with van der Waals surface area (Å²) in [6.45, 7) is 3.65. The van der Waals surface area contributed by atoms with Gasteiger partial charge < -0.3 is 10.3 Å². The summed E-state index contributed by atoms with van der Waals surface area (Å²) in [6.07, 6.45) is 0. The zero-order valence-electron chi connectivity index (χ0n) is 10.5.